The lowest BCUT2D eigenvalue weighted by Gasteiger charge is -2.35. The number of anilines is 1. The molecule has 0 aromatic carbocycles. The minimum absolute atomic E-state index is 0.647. The van der Waals surface area contributed by atoms with E-state index in [1.165, 1.54) is 4.88 Å². The summed E-state index contributed by atoms with van der Waals surface area (Å²) in [5.41, 5.74) is 7.26. The lowest BCUT2D eigenvalue weighted by atomic mass is 10.3. The number of aliphatic imine (C=N–C) groups is 1. The maximum atomic E-state index is 6.14. The van der Waals surface area contributed by atoms with Crippen LogP contribution in [-0.4, -0.2) is 53.6 Å². The number of nitrogens with zero attached hydrogens (tertiary/aromatic N) is 5. The van der Waals surface area contributed by atoms with Crippen molar-refractivity contribution in [2.75, 3.05) is 37.6 Å². The number of piperazine rings is 1. The van der Waals surface area contributed by atoms with Gasteiger partial charge in [-0.1, -0.05) is 0 Å². The molecule has 0 atom stereocenters. The van der Waals surface area contributed by atoms with Crippen LogP contribution in [0, 0.1) is 13.8 Å². The second kappa shape index (κ2) is 7.27. The van der Waals surface area contributed by atoms with Crippen LogP contribution in [0.15, 0.2) is 16.6 Å². The van der Waals surface area contributed by atoms with Crippen LogP contribution in [0.2, 0.25) is 0 Å². The molecular formula is C15H22N6S2. The van der Waals surface area contributed by atoms with Gasteiger partial charge < -0.3 is 15.5 Å². The Labute approximate surface area is 144 Å². The van der Waals surface area contributed by atoms with Crippen molar-refractivity contribution in [3.63, 3.8) is 0 Å². The lowest BCUT2D eigenvalue weighted by Crippen LogP contribution is -2.51. The number of thiazole rings is 2. The molecule has 1 aliphatic rings. The molecule has 0 aliphatic carbocycles. The fourth-order valence-corrected chi connectivity index (χ4v) is 4.13. The maximum Gasteiger partial charge on any atom is 0.191 e. The van der Waals surface area contributed by atoms with Crippen LogP contribution in [0.25, 0.3) is 0 Å². The first-order chi connectivity index (χ1) is 11.1. The van der Waals surface area contributed by atoms with E-state index in [2.05, 4.69) is 38.6 Å². The molecule has 3 rings (SSSR count). The van der Waals surface area contributed by atoms with E-state index in [1.54, 1.807) is 22.7 Å². The zero-order valence-corrected chi connectivity index (χ0v) is 15.2. The molecule has 6 nitrogen and oxygen atoms in total. The average molecular weight is 351 g/mol. The first-order valence-electron chi connectivity index (χ1n) is 7.75. The van der Waals surface area contributed by atoms with Gasteiger partial charge in [0.15, 0.2) is 11.1 Å². The van der Waals surface area contributed by atoms with Crippen LogP contribution < -0.4 is 10.6 Å². The molecule has 3 heterocycles. The summed E-state index contributed by atoms with van der Waals surface area (Å²) in [7, 11) is 0. The van der Waals surface area contributed by atoms with Gasteiger partial charge in [0.25, 0.3) is 0 Å². The third kappa shape index (κ3) is 4.00. The molecule has 2 N–H and O–H groups in total. The molecule has 0 spiro atoms. The van der Waals surface area contributed by atoms with Gasteiger partial charge in [0.05, 0.1) is 10.7 Å². The highest BCUT2D eigenvalue weighted by Gasteiger charge is 2.19. The third-order valence-electron chi connectivity index (χ3n) is 3.97. The Kier molecular flexibility index (Phi) is 5.12. The fourth-order valence-electron chi connectivity index (χ4n) is 2.51. The van der Waals surface area contributed by atoms with E-state index in [0.717, 1.165) is 48.4 Å². The molecule has 0 amide bonds. The van der Waals surface area contributed by atoms with Crippen LogP contribution in [0.4, 0.5) is 5.13 Å². The van der Waals surface area contributed by atoms with Crippen molar-refractivity contribution in [2.45, 2.75) is 20.3 Å². The summed E-state index contributed by atoms with van der Waals surface area (Å²) < 4.78 is 0. The number of aryl methyl sites for hydroxylation is 2. The van der Waals surface area contributed by atoms with E-state index in [4.69, 9.17) is 5.73 Å². The van der Waals surface area contributed by atoms with Crippen LogP contribution in [-0.2, 0) is 6.42 Å². The molecule has 0 bridgehead atoms. The largest absolute Gasteiger partial charge is 0.370 e. The Morgan fingerprint density at radius 3 is 2.70 bits per heavy atom. The number of nitrogens with two attached hydrogens (primary N) is 1. The van der Waals surface area contributed by atoms with Crippen LogP contribution >= 0.6 is 22.7 Å². The second-order valence-corrected chi connectivity index (χ2v) is 7.69. The molecule has 23 heavy (non-hydrogen) atoms. The highest BCUT2D eigenvalue weighted by Crippen LogP contribution is 2.19. The van der Waals surface area contributed by atoms with Crippen molar-refractivity contribution in [3.8, 4) is 0 Å². The van der Waals surface area contributed by atoms with Crippen molar-refractivity contribution >= 4 is 33.8 Å². The summed E-state index contributed by atoms with van der Waals surface area (Å²) in [5.74, 6) is 0.647. The Morgan fingerprint density at radius 2 is 2.09 bits per heavy atom. The summed E-state index contributed by atoms with van der Waals surface area (Å²) in [6.45, 7) is 8.52. The molecule has 1 saturated heterocycles. The van der Waals surface area contributed by atoms with Gasteiger partial charge >= 0.3 is 0 Å². The lowest BCUT2D eigenvalue weighted by molar-refractivity contribution is 0.380. The Morgan fingerprint density at radius 1 is 1.30 bits per heavy atom. The number of hydrogen-bond donors (Lipinski definition) is 1. The Balaban J connectivity index is 1.47. The SMILES string of the molecule is Cc1nc(CCN=C(N)N2CCN(c3nccs3)CC2)sc1C. The standard InChI is InChI=1S/C15H22N6S2/c1-11-12(2)23-13(19-11)3-4-17-14(16)20-6-8-21(9-7-20)15-18-5-10-22-15/h5,10H,3-4,6-9H2,1-2H3,(H2,16,17). The van der Waals surface area contributed by atoms with E-state index in [1.807, 2.05) is 11.6 Å². The van der Waals surface area contributed by atoms with E-state index in [9.17, 15) is 0 Å². The van der Waals surface area contributed by atoms with Crippen molar-refractivity contribution in [2.24, 2.45) is 10.7 Å². The second-order valence-electron chi connectivity index (χ2n) is 5.53. The van der Waals surface area contributed by atoms with Gasteiger partial charge in [-0.15, -0.1) is 22.7 Å². The van der Waals surface area contributed by atoms with Crippen molar-refractivity contribution in [1.29, 1.82) is 0 Å². The zero-order valence-electron chi connectivity index (χ0n) is 13.5. The smallest absolute Gasteiger partial charge is 0.191 e. The number of aromatic nitrogens is 2. The number of rotatable bonds is 4. The quantitative estimate of drug-likeness (QED) is 0.674. The minimum Gasteiger partial charge on any atom is -0.370 e. The summed E-state index contributed by atoms with van der Waals surface area (Å²) >= 11 is 3.44. The molecule has 124 valence electrons. The van der Waals surface area contributed by atoms with Gasteiger partial charge in [-0.3, -0.25) is 4.99 Å². The normalized spacial score (nSPS) is 16.2. The number of hydrogen-bond acceptors (Lipinski definition) is 6. The van der Waals surface area contributed by atoms with Gasteiger partial charge in [-0.2, -0.15) is 0 Å². The van der Waals surface area contributed by atoms with Crippen molar-refractivity contribution in [3.05, 3.63) is 27.2 Å². The van der Waals surface area contributed by atoms with E-state index in [-0.39, 0.29) is 0 Å². The predicted octanol–water partition coefficient (Wildman–Crippen LogP) is 1.90. The van der Waals surface area contributed by atoms with Gasteiger partial charge in [-0.05, 0) is 13.8 Å². The summed E-state index contributed by atoms with van der Waals surface area (Å²) in [6, 6.07) is 0. The molecule has 0 unspecified atom stereocenters. The highest BCUT2D eigenvalue weighted by molar-refractivity contribution is 7.13. The first kappa shape index (κ1) is 16.2. The van der Waals surface area contributed by atoms with Crippen LogP contribution in [0.3, 0.4) is 0 Å². The molecule has 0 radical (unpaired) electrons. The number of guanidine groups is 1. The monoisotopic (exact) mass is 350 g/mol. The molecule has 2 aromatic rings. The minimum atomic E-state index is 0.647. The van der Waals surface area contributed by atoms with E-state index in [0.29, 0.717) is 12.5 Å². The van der Waals surface area contributed by atoms with Crippen LogP contribution in [0.5, 0.6) is 0 Å². The molecule has 2 aromatic heterocycles. The molecule has 1 fully saturated rings. The average Bonchev–Trinajstić information content (AvgIpc) is 3.18. The summed E-state index contributed by atoms with van der Waals surface area (Å²) in [6.07, 6.45) is 2.71. The molecule has 0 saturated carbocycles. The highest BCUT2D eigenvalue weighted by atomic mass is 32.1. The molecule has 1 aliphatic heterocycles. The first-order valence-corrected chi connectivity index (χ1v) is 9.45. The fraction of sp³-hybridized carbons (Fsp3) is 0.533. The predicted molar refractivity (Wildman–Crippen MR) is 97.7 cm³/mol. The van der Waals surface area contributed by atoms with Gasteiger partial charge in [0.2, 0.25) is 0 Å². The van der Waals surface area contributed by atoms with E-state index < -0.39 is 0 Å². The maximum absolute atomic E-state index is 6.14. The summed E-state index contributed by atoms with van der Waals surface area (Å²) in [4.78, 5) is 19.2. The van der Waals surface area contributed by atoms with Gasteiger partial charge in [0, 0.05) is 55.6 Å². The Hall–Kier alpha value is -1.67. The van der Waals surface area contributed by atoms with Crippen molar-refractivity contribution in [1.82, 2.24) is 14.9 Å². The topological polar surface area (TPSA) is 70.6 Å². The van der Waals surface area contributed by atoms with Gasteiger partial charge in [0.1, 0.15) is 0 Å². The Bertz CT molecular complexity index is 636. The zero-order chi connectivity index (χ0) is 16.2. The molecular weight excluding hydrogens is 328 g/mol. The van der Waals surface area contributed by atoms with Gasteiger partial charge in [-0.25, -0.2) is 9.97 Å². The van der Waals surface area contributed by atoms with E-state index >= 15 is 0 Å². The third-order valence-corrected chi connectivity index (χ3v) is 5.93. The van der Waals surface area contributed by atoms with Crippen LogP contribution in [0.1, 0.15) is 15.6 Å². The van der Waals surface area contributed by atoms with Crippen molar-refractivity contribution < 1.29 is 0 Å². The summed E-state index contributed by atoms with van der Waals surface area (Å²) in [5, 5.41) is 4.25. The molecule has 8 heteroatoms.